The summed E-state index contributed by atoms with van der Waals surface area (Å²) in [6, 6.07) is 2.40. The highest BCUT2D eigenvalue weighted by Gasteiger charge is 2.20. The number of nitrogens with zero attached hydrogens (tertiary/aromatic N) is 1. The smallest absolute Gasteiger partial charge is 0.0567 e. The molecule has 1 unspecified atom stereocenters. The third-order valence-electron chi connectivity index (χ3n) is 3.05. The van der Waals surface area contributed by atoms with Gasteiger partial charge in [-0.2, -0.15) is 0 Å². The van der Waals surface area contributed by atoms with Crippen molar-refractivity contribution < 1.29 is 5.11 Å². The van der Waals surface area contributed by atoms with Crippen LogP contribution in [0.4, 0.5) is 0 Å². The molecule has 3 N–H and O–H groups in total. The first-order valence-electron chi connectivity index (χ1n) is 6.33. The van der Waals surface area contributed by atoms with Crippen LogP contribution in [0.3, 0.4) is 0 Å². The summed E-state index contributed by atoms with van der Waals surface area (Å²) >= 11 is 1.77. The molecule has 1 atom stereocenters. The molecule has 1 aromatic rings. The van der Waals surface area contributed by atoms with Gasteiger partial charge in [0.2, 0.25) is 0 Å². The largest absolute Gasteiger partial charge is 0.395 e. The van der Waals surface area contributed by atoms with Crippen molar-refractivity contribution in [1.82, 2.24) is 4.90 Å². The van der Waals surface area contributed by atoms with Crippen molar-refractivity contribution in [2.24, 2.45) is 5.73 Å². The van der Waals surface area contributed by atoms with Crippen molar-refractivity contribution in [3.63, 3.8) is 0 Å². The molecular weight excluding hydrogens is 232 g/mol. The molecule has 0 aliphatic carbocycles. The third-order valence-corrected chi connectivity index (χ3v) is 4.17. The molecular formula is C13H24N2OS. The molecule has 0 radical (unpaired) electrons. The Morgan fingerprint density at radius 2 is 2.24 bits per heavy atom. The van der Waals surface area contributed by atoms with Crippen LogP contribution in [-0.2, 0) is 0 Å². The zero-order valence-corrected chi connectivity index (χ0v) is 11.7. The van der Waals surface area contributed by atoms with Gasteiger partial charge in [0.1, 0.15) is 0 Å². The summed E-state index contributed by atoms with van der Waals surface area (Å²) in [7, 11) is 0. The Balaban J connectivity index is 2.77. The van der Waals surface area contributed by atoms with E-state index in [1.54, 1.807) is 11.3 Å². The Hall–Kier alpha value is -0.420. The fraction of sp³-hybridized carbons (Fsp3) is 0.692. The van der Waals surface area contributed by atoms with Crippen LogP contribution in [0.25, 0.3) is 0 Å². The lowest BCUT2D eigenvalue weighted by molar-refractivity contribution is 0.152. The van der Waals surface area contributed by atoms with Crippen molar-refractivity contribution in [3.8, 4) is 0 Å². The summed E-state index contributed by atoms with van der Waals surface area (Å²) in [5.74, 6) is 0. The number of hydrogen-bond acceptors (Lipinski definition) is 4. The quantitative estimate of drug-likeness (QED) is 0.749. The van der Waals surface area contributed by atoms with E-state index in [1.807, 2.05) is 0 Å². The Morgan fingerprint density at radius 1 is 1.47 bits per heavy atom. The minimum atomic E-state index is 0.199. The fourth-order valence-corrected chi connectivity index (χ4v) is 3.14. The van der Waals surface area contributed by atoms with Crippen LogP contribution in [0.2, 0.25) is 0 Å². The van der Waals surface area contributed by atoms with Gasteiger partial charge in [-0.1, -0.05) is 13.3 Å². The van der Waals surface area contributed by atoms with Crippen LogP contribution in [0, 0.1) is 6.92 Å². The normalized spacial score (nSPS) is 13.2. The molecule has 0 amide bonds. The Bertz CT molecular complexity index is 314. The Kier molecular flexibility index (Phi) is 6.73. The second-order valence-electron chi connectivity index (χ2n) is 4.33. The van der Waals surface area contributed by atoms with Crippen LogP contribution in [-0.4, -0.2) is 36.2 Å². The van der Waals surface area contributed by atoms with Crippen LogP contribution < -0.4 is 5.73 Å². The van der Waals surface area contributed by atoms with Crippen molar-refractivity contribution in [1.29, 1.82) is 0 Å². The molecule has 0 spiro atoms. The van der Waals surface area contributed by atoms with E-state index < -0.39 is 0 Å². The number of rotatable bonds is 8. The minimum absolute atomic E-state index is 0.199. The van der Waals surface area contributed by atoms with Crippen LogP contribution in [0.15, 0.2) is 11.4 Å². The van der Waals surface area contributed by atoms with Gasteiger partial charge >= 0.3 is 0 Å². The average Bonchev–Trinajstić information content (AvgIpc) is 2.74. The summed E-state index contributed by atoms with van der Waals surface area (Å²) in [4.78, 5) is 3.65. The first-order valence-corrected chi connectivity index (χ1v) is 7.21. The van der Waals surface area contributed by atoms with Gasteiger partial charge in [-0.05, 0) is 36.9 Å². The first-order chi connectivity index (χ1) is 8.24. The van der Waals surface area contributed by atoms with Gasteiger partial charge in [0.05, 0.1) is 12.6 Å². The fourth-order valence-electron chi connectivity index (χ4n) is 2.06. The van der Waals surface area contributed by atoms with E-state index in [4.69, 9.17) is 10.8 Å². The van der Waals surface area contributed by atoms with E-state index in [0.717, 1.165) is 13.0 Å². The van der Waals surface area contributed by atoms with E-state index in [-0.39, 0.29) is 12.6 Å². The highest BCUT2D eigenvalue weighted by Crippen LogP contribution is 2.28. The molecule has 0 aliphatic rings. The van der Waals surface area contributed by atoms with E-state index in [9.17, 15) is 0 Å². The zero-order chi connectivity index (χ0) is 12.7. The minimum Gasteiger partial charge on any atom is -0.395 e. The molecule has 1 rings (SSSR count). The molecule has 1 aromatic heterocycles. The third kappa shape index (κ3) is 4.07. The van der Waals surface area contributed by atoms with Gasteiger partial charge < -0.3 is 10.8 Å². The summed E-state index contributed by atoms with van der Waals surface area (Å²) in [5, 5.41) is 11.3. The second-order valence-corrected chi connectivity index (χ2v) is 5.28. The second kappa shape index (κ2) is 7.82. The monoisotopic (exact) mass is 256 g/mol. The van der Waals surface area contributed by atoms with Crippen LogP contribution in [0.5, 0.6) is 0 Å². The number of aliphatic hydroxyl groups is 1. The maximum absolute atomic E-state index is 9.17. The van der Waals surface area contributed by atoms with Gasteiger partial charge in [0.15, 0.2) is 0 Å². The van der Waals surface area contributed by atoms with Gasteiger partial charge in [0.25, 0.3) is 0 Å². The van der Waals surface area contributed by atoms with E-state index in [0.29, 0.717) is 13.1 Å². The average molecular weight is 256 g/mol. The topological polar surface area (TPSA) is 49.5 Å². The molecule has 98 valence electrons. The van der Waals surface area contributed by atoms with Gasteiger partial charge in [0, 0.05) is 18.0 Å². The Morgan fingerprint density at radius 3 is 2.71 bits per heavy atom. The van der Waals surface area contributed by atoms with E-state index in [1.165, 1.54) is 16.9 Å². The van der Waals surface area contributed by atoms with E-state index >= 15 is 0 Å². The lowest BCUT2D eigenvalue weighted by Gasteiger charge is -2.30. The lowest BCUT2D eigenvalue weighted by atomic mass is 10.1. The molecule has 1 heterocycles. The Labute approximate surface area is 108 Å². The highest BCUT2D eigenvalue weighted by molar-refractivity contribution is 7.10. The molecule has 17 heavy (non-hydrogen) atoms. The number of aliphatic hydroxyl groups excluding tert-OH is 1. The predicted octanol–water partition coefficient (Wildman–Crippen LogP) is 2.15. The molecule has 0 aromatic carbocycles. The molecule has 0 aliphatic heterocycles. The maximum Gasteiger partial charge on any atom is 0.0567 e. The summed E-state index contributed by atoms with van der Waals surface area (Å²) in [6.45, 7) is 6.85. The van der Waals surface area contributed by atoms with Gasteiger partial charge in [-0.15, -0.1) is 11.3 Å². The summed E-state index contributed by atoms with van der Waals surface area (Å²) in [6.07, 6.45) is 2.32. The van der Waals surface area contributed by atoms with Crippen molar-refractivity contribution in [2.75, 3.05) is 26.2 Å². The maximum atomic E-state index is 9.17. The van der Waals surface area contributed by atoms with Gasteiger partial charge in [-0.25, -0.2) is 0 Å². The number of hydrogen-bond donors (Lipinski definition) is 2. The van der Waals surface area contributed by atoms with Crippen LogP contribution >= 0.6 is 11.3 Å². The molecule has 0 bridgehead atoms. The summed E-state index contributed by atoms with van der Waals surface area (Å²) < 4.78 is 0. The molecule has 0 saturated carbocycles. The van der Waals surface area contributed by atoms with Crippen molar-refractivity contribution in [3.05, 3.63) is 21.9 Å². The number of aryl methyl sites for hydroxylation is 1. The van der Waals surface area contributed by atoms with E-state index in [2.05, 4.69) is 30.2 Å². The number of nitrogens with two attached hydrogens (primary N) is 1. The van der Waals surface area contributed by atoms with Crippen molar-refractivity contribution in [2.45, 2.75) is 32.7 Å². The SMILES string of the molecule is CCCCN(CCO)C(CN)c1sccc1C. The first kappa shape index (κ1) is 14.6. The molecule has 0 saturated heterocycles. The molecule has 0 fully saturated rings. The zero-order valence-electron chi connectivity index (χ0n) is 10.9. The number of thiophene rings is 1. The molecule has 4 heteroatoms. The summed E-state index contributed by atoms with van der Waals surface area (Å²) in [5.41, 5.74) is 7.23. The van der Waals surface area contributed by atoms with Crippen LogP contribution in [0.1, 0.15) is 36.2 Å². The van der Waals surface area contributed by atoms with Gasteiger partial charge in [-0.3, -0.25) is 4.90 Å². The molecule has 3 nitrogen and oxygen atoms in total. The predicted molar refractivity (Wildman–Crippen MR) is 74.4 cm³/mol. The standard InChI is InChI=1S/C13H24N2OS/c1-3-4-6-15(7-8-16)12(10-14)13-11(2)5-9-17-13/h5,9,12,16H,3-4,6-8,10,14H2,1-2H3. The highest BCUT2D eigenvalue weighted by atomic mass is 32.1. The number of unbranched alkanes of at least 4 members (excludes halogenated alkanes) is 1. The van der Waals surface area contributed by atoms with Crippen molar-refractivity contribution >= 4 is 11.3 Å². The lowest BCUT2D eigenvalue weighted by Crippen LogP contribution is -2.36.